The zero-order valence-electron chi connectivity index (χ0n) is 10.3. The normalized spacial score (nSPS) is 12.1. The van der Waals surface area contributed by atoms with Crippen LogP contribution in [-0.2, 0) is 9.84 Å². The van der Waals surface area contributed by atoms with Crippen molar-refractivity contribution >= 4 is 32.4 Å². The van der Waals surface area contributed by atoms with Crippen LogP contribution in [0.1, 0.15) is 10.4 Å². The highest BCUT2D eigenvalue weighted by molar-refractivity contribution is 7.92. The summed E-state index contributed by atoms with van der Waals surface area (Å²) in [7, 11) is -5.68. The number of phenolic OH excluding ortho intramolecular Hbond substituents is 1. The number of nitrogens with one attached hydrogen (secondary N) is 1. The van der Waals surface area contributed by atoms with Crippen LogP contribution in [0.4, 0.5) is 18.3 Å². The molecule has 1 amide bonds. The van der Waals surface area contributed by atoms with E-state index < -0.39 is 31.5 Å². The molecule has 0 aliphatic carbocycles. The number of nitrogens with zero attached hydrogens (tertiary/aromatic N) is 2. The zero-order chi connectivity index (χ0) is 16.5. The molecule has 118 valence electrons. The van der Waals surface area contributed by atoms with Gasteiger partial charge in [-0.25, -0.2) is 8.42 Å². The maximum Gasteiger partial charge on any atom is 0.505 e. The lowest BCUT2D eigenvalue weighted by Crippen LogP contribution is -2.24. The molecule has 0 spiro atoms. The molecule has 0 radical (unpaired) electrons. The van der Waals surface area contributed by atoms with Gasteiger partial charge in [0.2, 0.25) is 5.13 Å². The Balaban J connectivity index is 2.24. The molecular weight excluding hydrogens is 347 g/mol. The van der Waals surface area contributed by atoms with Crippen molar-refractivity contribution in [2.75, 3.05) is 5.32 Å². The highest BCUT2D eigenvalue weighted by Crippen LogP contribution is 2.30. The lowest BCUT2D eigenvalue weighted by Gasteiger charge is -2.04. The topological polar surface area (TPSA) is 109 Å². The van der Waals surface area contributed by atoms with E-state index in [1.54, 1.807) is 0 Å². The molecule has 0 aliphatic heterocycles. The van der Waals surface area contributed by atoms with Gasteiger partial charge in [-0.1, -0.05) is 12.1 Å². The number of carbonyl (C=O) groups is 1. The smallest absolute Gasteiger partial charge is 0.505 e. The molecule has 7 nitrogen and oxygen atoms in total. The second-order valence-corrected chi connectivity index (χ2v) is 6.39. The molecule has 0 atom stereocenters. The number of benzene rings is 1. The van der Waals surface area contributed by atoms with Gasteiger partial charge in [-0.2, -0.15) is 22.5 Å². The molecular formula is C10H6F3N3O4S2. The van der Waals surface area contributed by atoms with Gasteiger partial charge in [0.25, 0.3) is 11.1 Å². The number of phenols is 1. The number of sulfone groups is 1. The van der Waals surface area contributed by atoms with E-state index in [1.807, 2.05) is 0 Å². The maximum atomic E-state index is 12.3. The molecule has 2 aromatic rings. The van der Waals surface area contributed by atoms with Crippen LogP contribution < -0.4 is 5.32 Å². The summed E-state index contributed by atoms with van der Waals surface area (Å²) in [5.74, 6) is -1.22. The highest BCUT2D eigenvalue weighted by atomic mass is 32.2. The summed E-state index contributed by atoms with van der Waals surface area (Å²) in [6.07, 6.45) is 0. The fourth-order valence-corrected chi connectivity index (χ4v) is 2.76. The average molecular weight is 353 g/mol. The van der Waals surface area contributed by atoms with E-state index >= 15 is 0 Å². The number of para-hydroxylation sites is 1. The molecule has 1 aromatic heterocycles. The fraction of sp³-hybridized carbons (Fsp3) is 0.100. The van der Waals surface area contributed by atoms with Crippen molar-refractivity contribution in [2.45, 2.75) is 10.7 Å². The number of carbonyl (C=O) groups excluding carboxylic acids is 1. The maximum absolute atomic E-state index is 12.3. The van der Waals surface area contributed by atoms with Crippen molar-refractivity contribution in [2.24, 2.45) is 0 Å². The van der Waals surface area contributed by atoms with Crippen molar-refractivity contribution in [1.29, 1.82) is 0 Å². The van der Waals surface area contributed by atoms with Crippen LogP contribution in [0.25, 0.3) is 0 Å². The van der Waals surface area contributed by atoms with Crippen LogP contribution in [0.15, 0.2) is 29.4 Å². The molecule has 0 saturated heterocycles. The summed E-state index contributed by atoms with van der Waals surface area (Å²) in [6.45, 7) is 0. The quantitative estimate of drug-likeness (QED) is 0.871. The summed E-state index contributed by atoms with van der Waals surface area (Å²) in [6, 6.07) is 5.41. The molecule has 1 aromatic carbocycles. The van der Waals surface area contributed by atoms with E-state index in [9.17, 15) is 31.5 Å². The predicted molar refractivity (Wildman–Crippen MR) is 69.2 cm³/mol. The van der Waals surface area contributed by atoms with Crippen LogP contribution in [0, 0.1) is 0 Å². The third-order valence-electron chi connectivity index (χ3n) is 2.32. The van der Waals surface area contributed by atoms with E-state index in [2.05, 4.69) is 14.7 Å². The van der Waals surface area contributed by atoms with E-state index in [0.29, 0.717) is 0 Å². The first-order valence-corrected chi connectivity index (χ1v) is 7.63. The number of anilines is 1. The highest BCUT2D eigenvalue weighted by Gasteiger charge is 2.49. The van der Waals surface area contributed by atoms with Gasteiger partial charge in [0, 0.05) is 11.5 Å². The second kappa shape index (κ2) is 5.53. The third-order valence-corrected chi connectivity index (χ3v) is 4.34. The van der Waals surface area contributed by atoms with Crippen LogP contribution >= 0.6 is 11.5 Å². The number of aromatic nitrogens is 2. The number of halogens is 3. The van der Waals surface area contributed by atoms with Gasteiger partial charge in [0.15, 0.2) is 0 Å². The number of amides is 1. The summed E-state index contributed by atoms with van der Waals surface area (Å²) in [5.41, 5.74) is -5.69. The van der Waals surface area contributed by atoms with Crippen LogP contribution in [0.3, 0.4) is 0 Å². The van der Waals surface area contributed by atoms with Gasteiger partial charge < -0.3 is 5.11 Å². The Hall–Kier alpha value is -2.21. The standard InChI is InChI=1S/C10H6F3N3O4S2/c11-10(12,13)22(19,20)9-15-8(21-16-9)14-7(18)5-3-1-2-4-6(5)17/h1-4,17H,(H,14,15,16,18). The van der Waals surface area contributed by atoms with Crippen molar-refractivity contribution < 1.29 is 31.5 Å². The first-order chi connectivity index (χ1) is 10.1. The number of alkyl halides is 3. The molecule has 0 aliphatic rings. The number of aromatic hydroxyl groups is 1. The lowest BCUT2D eigenvalue weighted by atomic mass is 10.2. The largest absolute Gasteiger partial charge is 0.507 e. The Morgan fingerprint density at radius 2 is 1.91 bits per heavy atom. The minimum absolute atomic E-state index is 0.155. The lowest BCUT2D eigenvalue weighted by molar-refractivity contribution is -0.0439. The second-order valence-electron chi connectivity index (χ2n) is 3.80. The van der Waals surface area contributed by atoms with Crippen molar-refractivity contribution in [3.05, 3.63) is 29.8 Å². The van der Waals surface area contributed by atoms with E-state index in [0.717, 1.165) is 0 Å². The third kappa shape index (κ3) is 3.01. The summed E-state index contributed by atoms with van der Waals surface area (Å²) < 4.78 is 62.2. The Kier molecular flexibility index (Phi) is 4.06. The molecule has 2 N–H and O–H groups in total. The molecule has 2 rings (SSSR count). The van der Waals surface area contributed by atoms with E-state index in [-0.39, 0.29) is 22.8 Å². The first-order valence-electron chi connectivity index (χ1n) is 5.37. The molecule has 0 saturated carbocycles. The molecule has 22 heavy (non-hydrogen) atoms. The Bertz CT molecular complexity index is 817. The van der Waals surface area contributed by atoms with Gasteiger partial charge in [-0.15, -0.1) is 0 Å². The van der Waals surface area contributed by atoms with Crippen LogP contribution in [-0.4, -0.2) is 34.3 Å². The predicted octanol–water partition coefficient (Wildman–Crippen LogP) is 1.79. The Morgan fingerprint density at radius 1 is 1.27 bits per heavy atom. The SMILES string of the molecule is O=C(Nc1nc(S(=O)(=O)C(F)(F)F)ns1)c1ccccc1O. The van der Waals surface area contributed by atoms with Crippen LogP contribution in [0.5, 0.6) is 5.75 Å². The van der Waals surface area contributed by atoms with E-state index in [4.69, 9.17) is 0 Å². The first kappa shape index (κ1) is 16.2. The molecule has 1 heterocycles. The molecule has 0 fully saturated rings. The van der Waals surface area contributed by atoms with E-state index in [1.165, 1.54) is 24.3 Å². The minimum Gasteiger partial charge on any atom is -0.507 e. The fourth-order valence-electron chi connectivity index (χ4n) is 1.30. The Labute approximate surface area is 125 Å². The average Bonchev–Trinajstić information content (AvgIpc) is 2.87. The van der Waals surface area contributed by atoms with Gasteiger partial charge in [-0.3, -0.25) is 10.1 Å². The van der Waals surface area contributed by atoms with Gasteiger partial charge >= 0.3 is 15.3 Å². The monoisotopic (exact) mass is 353 g/mol. The van der Waals surface area contributed by atoms with Crippen molar-refractivity contribution in [1.82, 2.24) is 9.36 Å². The summed E-state index contributed by atoms with van der Waals surface area (Å²) in [5, 5.41) is 9.62. The number of hydrogen-bond donors (Lipinski definition) is 2. The molecule has 0 bridgehead atoms. The van der Waals surface area contributed by atoms with Crippen molar-refractivity contribution in [3.63, 3.8) is 0 Å². The Morgan fingerprint density at radius 3 is 2.50 bits per heavy atom. The summed E-state index contributed by atoms with van der Waals surface area (Å²) >= 11 is 0.268. The minimum atomic E-state index is -5.68. The number of hydrogen-bond acceptors (Lipinski definition) is 7. The van der Waals surface area contributed by atoms with Gasteiger partial charge in [0.05, 0.1) is 5.56 Å². The van der Waals surface area contributed by atoms with Crippen LogP contribution in [0.2, 0.25) is 0 Å². The van der Waals surface area contributed by atoms with Gasteiger partial charge in [0.1, 0.15) is 5.75 Å². The van der Waals surface area contributed by atoms with Gasteiger partial charge in [-0.05, 0) is 12.1 Å². The number of rotatable bonds is 3. The molecule has 12 heteroatoms. The molecule has 0 unspecified atom stereocenters. The zero-order valence-corrected chi connectivity index (χ0v) is 12.0. The van der Waals surface area contributed by atoms with Crippen molar-refractivity contribution in [3.8, 4) is 5.75 Å². The summed E-state index contributed by atoms with van der Waals surface area (Å²) in [4.78, 5) is 14.9.